The minimum absolute atomic E-state index is 0.101. The third-order valence-electron chi connectivity index (χ3n) is 2.21. The van der Waals surface area contributed by atoms with Gasteiger partial charge in [0.25, 0.3) is 0 Å². The van der Waals surface area contributed by atoms with Crippen molar-refractivity contribution in [2.45, 2.75) is 13.8 Å². The molecule has 0 radical (unpaired) electrons. The predicted molar refractivity (Wildman–Crippen MR) is 75.6 cm³/mol. The van der Waals surface area contributed by atoms with Gasteiger partial charge in [-0.3, -0.25) is 0 Å². The van der Waals surface area contributed by atoms with Gasteiger partial charge in [0, 0.05) is 3.57 Å². The van der Waals surface area contributed by atoms with Gasteiger partial charge in [-0.25, -0.2) is 22.8 Å². The molecule has 0 unspecified atom stereocenters. The van der Waals surface area contributed by atoms with Crippen molar-refractivity contribution in [2.75, 3.05) is 18.1 Å². The summed E-state index contributed by atoms with van der Waals surface area (Å²) in [5.41, 5.74) is -0.758. The van der Waals surface area contributed by atoms with E-state index >= 15 is 0 Å². The molecular formula is C12H11F3INO4. The van der Waals surface area contributed by atoms with E-state index in [1.807, 2.05) is 0 Å². The van der Waals surface area contributed by atoms with Gasteiger partial charge in [-0.05, 0) is 42.5 Å². The van der Waals surface area contributed by atoms with Crippen LogP contribution in [0.1, 0.15) is 13.8 Å². The quantitative estimate of drug-likeness (QED) is 0.426. The third-order valence-corrected chi connectivity index (χ3v) is 3.04. The van der Waals surface area contributed by atoms with E-state index in [0.29, 0.717) is 6.07 Å². The highest BCUT2D eigenvalue weighted by Crippen LogP contribution is 2.30. The van der Waals surface area contributed by atoms with Crippen LogP contribution < -0.4 is 4.90 Å². The van der Waals surface area contributed by atoms with Crippen molar-refractivity contribution in [1.29, 1.82) is 0 Å². The van der Waals surface area contributed by atoms with Crippen molar-refractivity contribution in [3.63, 3.8) is 0 Å². The number of hydrogen-bond donors (Lipinski definition) is 0. The van der Waals surface area contributed by atoms with E-state index in [-0.39, 0.29) is 21.7 Å². The molecule has 0 spiro atoms. The molecule has 1 aromatic carbocycles. The summed E-state index contributed by atoms with van der Waals surface area (Å²) in [5.74, 6) is -4.92. The number of imide groups is 1. The molecule has 0 heterocycles. The van der Waals surface area contributed by atoms with Gasteiger partial charge in [-0.15, -0.1) is 0 Å². The van der Waals surface area contributed by atoms with Crippen molar-refractivity contribution in [1.82, 2.24) is 0 Å². The number of anilines is 1. The first-order chi connectivity index (χ1) is 9.84. The van der Waals surface area contributed by atoms with Crippen molar-refractivity contribution in [2.24, 2.45) is 0 Å². The van der Waals surface area contributed by atoms with E-state index in [9.17, 15) is 22.8 Å². The molecule has 116 valence electrons. The van der Waals surface area contributed by atoms with Crippen molar-refractivity contribution in [3.8, 4) is 0 Å². The fourth-order valence-electron chi connectivity index (χ4n) is 1.39. The monoisotopic (exact) mass is 417 g/mol. The lowest BCUT2D eigenvalue weighted by molar-refractivity contribution is 0.140. The van der Waals surface area contributed by atoms with Crippen LogP contribution in [0.25, 0.3) is 0 Å². The molecule has 9 heteroatoms. The highest BCUT2D eigenvalue weighted by Gasteiger charge is 2.33. The fourth-order valence-corrected chi connectivity index (χ4v) is 2.15. The second kappa shape index (κ2) is 7.48. The van der Waals surface area contributed by atoms with Crippen LogP contribution in [0.4, 0.5) is 28.4 Å². The summed E-state index contributed by atoms with van der Waals surface area (Å²) in [6, 6.07) is 0.653. The molecule has 0 saturated carbocycles. The minimum Gasteiger partial charge on any atom is -0.449 e. The predicted octanol–water partition coefficient (Wildman–Crippen LogP) is 3.83. The average Bonchev–Trinajstić information content (AvgIpc) is 2.41. The zero-order valence-corrected chi connectivity index (χ0v) is 13.2. The number of rotatable bonds is 3. The second-order valence-corrected chi connectivity index (χ2v) is 4.71. The second-order valence-electron chi connectivity index (χ2n) is 3.55. The Morgan fingerprint density at radius 1 is 1.10 bits per heavy atom. The molecule has 0 atom stereocenters. The lowest BCUT2D eigenvalue weighted by Crippen LogP contribution is -2.39. The van der Waals surface area contributed by atoms with Crippen LogP contribution in [0.3, 0.4) is 0 Å². The van der Waals surface area contributed by atoms with E-state index in [2.05, 4.69) is 9.47 Å². The Labute approximate surface area is 132 Å². The van der Waals surface area contributed by atoms with E-state index in [1.165, 1.54) is 36.4 Å². The largest absolute Gasteiger partial charge is 0.449 e. The molecular weight excluding hydrogens is 406 g/mol. The van der Waals surface area contributed by atoms with Gasteiger partial charge < -0.3 is 9.47 Å². The number of amides is 2. The maximum absolute atomic E-state index is 13.9. The van der Waals surface area contributed by atoms with Crippen LogP contribution in [-0.2, 0) is 9.47 Å². The number of benzene rings is 1. The van der Waals surface area contributed by atoms with Crippen LogP contribution in [0, 0.1) is 21.0 Å². The third kappa shape index (κ3) is 3.77. The van der Waals surface area contributed by atoms with Crippen LogP contribution >= 0.6 is 22.6 Å². The Bertz CT molecular complexity index is 550. The Hall–Kier alpha value is -1.52. The smallest absolute Gasteiger partial charge is 0.424 e. The summed E-state index contributed by atoms with van der Waals surface area (Å²) < 4.78 is 49.4. The zero-order valence-electron chi connectivity index (χ0n) is 11.1. The molecule has 0 aromatic heterocycles. The van der Waals surface area contributed by atoms with E-state index < -0.39 is 35.3 Å². The lowest BCUT2D eigenvalue weighted by atomic mass is 10.2. The van der Waals surface area contributed by atoms with E-state index in [0.717, 1.165) is 0 Å². The Morgan fingerprint density at radius 2 is 1.57 bits per heavy atom. The van der Waals surface area contributed by atoms with Crippen LogP contribution in [0.2, 0.25) is 0 Å². The number of nitrogens with zero attached hydrogens (tertiary/aromatic N) is 1. The molecule has 0 fully saturated rings. The van der Waals surface area contributed by atoms with Gasteiger partial charge in [0.15, 0.2) is 17.5 Å². The Balaban J connectivity index is 3.42. The summed E-state index contributed by atoms with van der Waals surface area (Å²) >= 11 is 1.46. The van der Waals surface area contributed by atoms with Crippen LogP contribution in [-0.4, -0.2) is 25.4 Å². The normalized spacial score (nSPS) is 10.2. The Kier molecular flexibility index (Phi) is 6.24. The first-order valence-corrected chi connectivity index (χ1v) is 6.89. The maximum atomic E-state index is 13.9. The van der Waals surface area contributed by atoms with Gasteiger partial charge in [0.2, 0.25) is 0 Å². The van der Waals surface area contributed by atoms with Gasteiger partial charge in [0.1, 0.15) is 5.69 Å². The number of carbonyl (C=O) groups is 2. The molecule has 0 aliphatic heterocycles. The van der Waals surface area contributed by atoms with Crippen LogP contribution in [0.5, 0.6) is 0 Å². The molecule has 0 aliphatic rings. The lowest BCUT2D eigenvalue weighted by Gasteiger charge is -2.21. The Morgan fingerprint density at radius 3 is 2.00 bits per heavy atom. The summed E-state index contributed by atoms with van der Waals surface area (Å²) in [6.07, 6.45) is -2.50. The van der Waals surface area contributed by atoms with Crippen molar-refractivity contribution < 1.29 is 32.2 Å². The minimum atomic E-state index is -1.80. The first-order valence-electron chi connectivity index (χ1n) is 5.81. The molecule has 0 saturated heterocycles. The molecule has 0 aliphatic carbocycles. The summed E-state index contributed by atoms with van der Waals surface area (Å²) in [6.45, 7) is 2.73. The molecule has 1 aromatic rings. The maximum Gasteiger partial charge on any atom is 0.424 e. The number of hydrogen-bond acceptors (Lipinski definition) is 4. The molecule has 1 rings (SSSR count). The van der Waals surface area contributed by atoms with Crippen LogP contribution in [0.15, 0.2) is 6.07 Å². The van der Waals surface area contributed by atoms with Gasteiger partial charge in [-0.2, -0.15) is 4.90 Å². The molecule has 0 bridgehead atoms. The van der Waals surface area contributed by atoms with Gasteiger partial charge in [-0.1, -0.05) is 0 Å². The standard InChI is InChI=1S/C12H11F3INO4/c1-3-20-11(18)17(12(19)21-4-2)10-7(16)5-6(13)8(14)9(10)15/h5H,3-4H2,1-2H3. The highest BCUT2D eigenvalue weighted by molar-refractivity contribution is 14.1. The molecule has 21 heavy (non-hydrogen) atoms. The summed E-state index contributed by atoms with van der Waals surface area (Å²) in [4.78, 5) is 23.7. The summed E-state index contributed by atoms with van der Waals surface area (Å²) in [5, 5.41) is 0. The van der Waals surface area contributed by atoms with E-state index in [4.69, 9.17) is 0 Å². The summed E-state index contributed by atoms with van der Waals surface area (Å²) in [7, 11) is 0. The van der Waals surface area contributed by atoms with Gasteiger partial charge >= 0.3 is 12.2 Å². The zero-order chi connectivity index (χ0) is 16.2. The molecule has 2 amide bonds. The molecule has 5 nitrogen and oxygen atoms in total. The average molecular weight is 417 g/mol. The number of carbonyl (C=O) groups excluding carboxylic acids is 2. The molecule has 0 N–H and O–H groups in total. The fraction of sp³-hybridized carbons (Fsp3) is 0.333. The van der Waals surface area contributed by atoms with E-state index in [1.54, 1.807) is 0 Å². The first kappa shape index (κ1) is 17.5. The van der Waals surface area contributed by atoms with Crippen molar-refractivity contribution in [3.05, 3.63) is 27.1 Å². The van der Waals surface area contributed by atoms with Crippen molar-refractivity contribution >= 4 is 40.5 Å². The number of ether oxygens (including phenoxy) is 2. The topological polar surface area (TPSA) is 55.8 Å². The SMILES string of the molecule is CCOC(=O)N(C(=O)OCC)c1c(I)cc(F)c(F)c1F. The van der Waals surface area contributed by atoms with Gasteiger partial charge in [0.05, 0.1) is 13.2 Å². The number of halogens is 4. The highest BCUT2D eigenvalue weighted by atomic mass is 127.